The number of fused-ring (bicyclic) bond motifs is 2. The summed E-state index contributed by atoms with van der Waals surface area (Å²) in [5, 5.41) is 0.676. The first kappa shape index (κ1) is 13.0. The highest BCUT2D eigenvalue weighted by molar-refractivity contribution is 6.33. The molecule has 0 aliphatic heterocycles. The minimum Gasteiger partial charge on any atom is -0.373 e. The number of hydrogen-bond acceptors (Lipinski definition) is 2. The summed E-state index contributed by atoms with van der Waals surface area (Å²) >= 11 is 6.27. The molecular weight excluding hydrogens is 258 g/mol. The van der Waals surface area contributed by atoms with E-state index >= 15 is 0 Å². The van der Waals surface area contributed by atoms with Crippen LogP contribution in [0.2, 0.25) is 5.02 Å². The zero-order chi connectivity index (χ0) is 13.4. The summed E-state index contributed by atoms with van der Waals surface area (Å²) in [7, 11) is 2.10. The van der Waals surface area contributed by atoms with Gasteiger partial charge in [0.1, 0.15) is 6.29 Å². The highest BCUT2D eigenvalue weighted by Gasteiger charge is 2.39. The Labute approximate surface area is 119 Å². The second-order valence-electron chi connectivity index (χ2n) is 6.14. The number of carbonyl (C=O) groups is 1. The molecule has 0 aromatic heterocycles. The topological polar surface area (TPSA) is 20.3 Å². The van der Waals surface area contributed by atoms with Crippen molar-refractivity contribution in [2.75, 3.05) is 18.5 Å². The Hall–Kier alpha value is -1.02. The zero-order valence-electron chi connectivity index (χ0n) is 11.3. The Morgan fingerprint density at radius 2 is 2.21 bits per heavy atom. The molecule has 3 unspecified atom stereocenters. The lowest BCUT2D eigenvalue weighted by Crippen LogP contribution is -2.28. The third-order valence-electron chi connectivity index (χ3n) is 4.91. The maximum absolute atomic E-state index is 10.7. The molecule has 1 aromatic rings. The molecule has 3 heteroatoms. The van der Waals surface area contributed by atoms with E-state index in [-0.39, 0.29) is 0 Å². The van der Waals surface area contributed by atoms with Gasteiger partial charge in [-0.1, -0.05) is 18.0 Å². The molecule has 3 rings (SSSR count). The molecule has 2 aliphatic rings. The molecule has 0 heterocycles. The summed E-state index contributed by atoms with van der Waals surface area (Å²) in [6, 6.07) is 5.55. The second-order valence-corrected chi connectivity index (χ2v) is 6.55. The van der Waals surface area contributed by atoms with Gasteiger partial charge in [0.05, 0.1) is 10.7 Å². The maximum Gasteiger partial charge on any atom is 0.150 e. The van der Waals surface area contributed by atoms with Crippen LogP contribution in [0.1, 0.15) is 36.0 Å². The van der Waals surface area contributed by atoms with Gasteiger partial charge in [-0.05, 0) is 55.2 Å². The van der Waals surface area contributed by atoms with Crippen LogP contribution in [0, 0.1) is 17.8 Å². The first-order chi connectivity index (χ1) is 9.17. The molecule has 0 saturated heterocycles. The molecule has 0 N–H and O–H groups in total. The molecular formula is C16H20ClNO. The summed E-state index contributed by atoms with van der Waals surface area (Å²) in [6.07, 6.45) is 6.53. The summed E-state index contributed by atoms with van der Waals surface area (Å²) in [5.41, 5.74) is 1.68. The van der Waals surface area contributed by atoms with Gasteiger partial charge in [0.2, 0.25) is 0 Å². The van der Waals surface area contributed by atoms with Gasteiger partial charge in [0.15, 0.2) is 0 Å². The molecule has 2 fully saturated rings. The standard InChI is InChI=1S/C16H20ClNO/c1-18(9-14-7-11-2-4-13(14)6-11)16-5-3-12(10-19)8-15(16)17/h3,5,8,10-11,13-14H,2,4,6-7,9H2,1H3. The van der Waals surface area contributed by atoms with Crippen LogP contribution in [0.4, 0.5) is 5.69 Å². The van der Waals surface area contributed by atoms with Crippen molar-refractivity contribution in [1.29, 1.82) is 0 Å². The van der Waals surface area contributed by atoms with Crippen molar-refractivity contribution in [3.05, 3.63) is 28.8 Å². The van der Waals surface area contributed by atoms with Crippen molar-refractivity contribution >= 4 is 23.6 Å². The molecule has 2 aliphatic carbocycles. The highest BCUT2D eigenvalue weighted by Crippen LogP contribution is 2.48. The zero-order valence-corrected chi connectivity index (χ0v) is 12.1. The Bertz CT molecular complexity index is 488. The summed E-state index contributed by atoms with van der Waals surface area (Å²) in [6.45, 7) is 1.08. The van der Waals surface area contributed by atoms with E-state index in [9.17, 15) is 4.79 Å². The fraction of sp³-hybridized carbons (Fsp3) is 0.562. The van der Waals surface area contributed by atoms with Gasteiger partial charge < -0.3 is 4.90 Å². The van der Waals surface area contributed by atoms with E-state index in [2.05, 4.69) is 11.9 Å². The fourth-order valence-corrected chi connectivity index (χ4v) is 4.29. The average Bonchev–Trinajstić information content (AvgIpc) is 3.00. The lowest BCUT2D eigenvalue weighted by atomic mass is 9.88. The predicted molar refractivity (Wildman–Crippen MR) is 79.0 cm³/mol. The van der Waals surface area contributed by atoms with E-state index in [1.54, 1.807) is 6.07 Å². The second kappa shape index (κ2) is 5.16. The minimum atomic E-state index is 0.641. The van der Waals surface area contributed by atoms with Crippen LogP contribution < -0.4 is 4.90 Å². The van der Waals surface area contributed by atoms with Gasteiger partial charge in [-0.25, -0.2) is 0 Å². The molecule has 3 atom stereocenters. The fourth-order valence-electron chi connectivity index (χ4n) is 3.96. The SMILES string of the molecule is CN(CC1CC2CCC1C2)c1ccc(C=O)cc1Cl. The van der Waals surface area contributed by atoms with Gasteiger partial charge in [0.25, 0.3) is 0 Å². The summed E-state index contributed by atoms with van der Waals surface area (Å²) in [5.74, 6) is 2.74. The molecule has 2 nitrogen and oxygen atoms in total. The van der Waals surface area contributed by atoms with Gasteiger partial charge >= 0.3 is 0 Å². The highest BCUT2D eigenvalue weighted by atomic mass is 35.5. The van der Waals surface area contributed by atoms with Crippen LogP contribution in [-0.4, -0.2) is 19.9 Å². The van der Waals surface area contributed by atoms with E-state index in [0.29, 0.717) is 10.6 Å². The number of benzene rings is 1. The van der Waals surface area contributed by atoms with Crippen LogP contribution in [-0.2, 0) is 0 Å². The monoisotopic (exact) mass is 277 g/mol. The van der Waals surface area contributed by atoms with Crippen LogP contribution in [0.3, 0.4) is 0 Å². The van der Waals surface area contributed by atoms with Crippen LogP contribution in [0.15, 0.2) is 18.2 Å². The maximum atomic E-state index is 10.7. The van der Waals surface area contributed by atoms with E-state index in [4.69, 9.17) is 11.6 Å². The van der Waals surface area contributed by atoms with Gasteiger partial charge in [-0.2, -0.15) is 0 Å². The average molecular weight is 278 g/mol. The van der Waals surface area contributed by atoms with Crippen LogP contribution >= 0.6 is 11.6 Å². The smallest absolute Gasteiger partial charge is 0.150 e. The number of aldehydes is 1. The molecule has 2 saturated carbocycles. The van der Waals surface area contributed by atoms with Crippen molar-refractivity contribution in [3.8, 4) is 0 Å². The normalized spacial score (nSPS) is 28.6. The number of nitrogens with zero attached hydrogens (tertiary/aromatic N) is 1. The number of halogens is 1. The Kier molecular flexibility index (Phi) is 3.53. The number of hydrogen-bond donors (Lipinski definition) is 0. The Morgan fingerprint density at radius 1 is 1.37 bits per heavy atom. The Morgan fingerprint density at radius 3 is 2.79 bits per heavy atom. The van der Waals surface area contributed by atoms with Crippen molar-refractivity contribution in [2.45, 2.75) is 25.7 Å². The quantitative estimate of drug-likeness (QED) is 0.775. The van der Waals surface area contributed by atoms with E-state index in [0.717, 1.165) is 36.3 Å². The first-order valence-electron chi connectivity index (χ1n) is 7.13. The van der Waals surface area contributed by atoms with Crippen LogP contribution in [0.25, 0.3) is 0 Å². The molecule has 19 heavy (non-hydrogen) atoms. The summed E-state index contributed by atoms with van der Waals surface area (Å²) in [4.78, 5) is 13.0. The largest absolute Gasteiger partial charge is 0.373 e. The third-order valence-corrected chi connectivity index (χ3v) is 5.21. The number of anilines is 1. The predicted octanol–water partition coefficient (Wildman–Crippen LogP) is 4.02. The third kappa shape index (κ3) is 2.51. The van der Waals surface area contributed by atoms with Gasteiger partial charge in [0, 0.05) is 19.2 Å². The molecule has 1 aromatic carbocycles. The summed E-state index contributed by atoms with van der Waals surface area (Å²) < 4.78 is 0. The van der Waals surface area contributed by atoms with Gasteiger partial charge in [-0.3, -0.25) is 4.79 Å². The molecule has 0 radical (unpaired) electrons. The molecule has 2 bridgehead atoms. The van der Waals surface area contributed by atoms with Crippen molar-refractivity contribution in [1.82, 2.24) is 0 Å². The first-order valence-corrected chi connectivity index (χ1v) is 7.51. The van der Waals surface area contributed by atoms with E-state index in [1.807, 2.05) is 12.1 Å². The van der Waals surface area contributed by atoms with Crippen molar-refractivity contribution in [2.24, 2.45) is 17.8 Å². The molecule has 0 spiro atoms. The van der Waals surface area contributed by atoms with Crippen molar-refractivity contribution in [3.63, 3.8) is 0 Å². The molecule has 102 valence electrons. The minimum absolute atomic E-state index is 0.641. The Balaban J connectivity index is 1.70. The van der Waals surface area contributed by atoms with E-state index < -0.39 is 0 Å². The van der Waals surface area contributed by atoms with Gasteiger partial charge in [-0.15, -0.1) is 0 Å². The number of rotatable bonds is 4. The number of carbonyl (C=O) groups excluding carboxylic acids is 1. The van der Waals surface area contributed by atoms with Crippen LogP contribution in [0.5, 0.6) is 0 Å². The van der Waals surface area contributed by atoms with Crippen molar-refractivity contribution < 1.29 is 4.79 Å². The molecule has 0 amide bonds. The lowest BCUT2D eigenvalue weighted by molar-refractivity contribution is 0.112. The van der Waals surface area contributed by atoms with E-state index in [1.165, 1.54) is 25.7 Å². The lowest BCUT2D eigenvalue weighted by Gasteiger charge is -2.29.